The number of carbonyl (C=O) groups excluding carboxylic acids is 1. The Bertz CT molecular complexity index is 388. The Morgan fingerprint density at radius 3 is 2.15 bits per heavy atom. The molecule has 0 saturated heterocycles. The number of rotatable bonds is 5. The lowest BCUT2D eigenvalue weighted by atomic mass is 9.53. The minimum absolute atomic E-state index is 0.0186. The molecule has 0 aromatic carbocycles. The fourth-order valence-corrected chi connectivity index (χ4v) is 5.48. The van der Waals surface area contributed by atoms with Gasteiger partial charge in [-0.2, -0.15) is 0 Å². The molecule has 20 heavy (non-hydrogen) atoms. The van der Waals surface area contributed by atoms with Crippen molar-refractivity contribution in [2.24, 2.45) is 17.8 Å². The van der Waals surface area contributed by atoms with E-state index in [1.165, 1.54) is 31.0 Å². The van der Waals surface area contributed by atoms with Gasteiger partial charge in [-0.1, -0.05) is 0 Å². The summed E-state index contributed by atoms with van der Waals surface area (Å²) in [5.41, 5.74) is 0.0405. The van der Waals surface area contributed by atoms with E-state index >= 15 is 0 Å². The Balaban J connectivity index is 1.55. The number of carboxylic acids is 1. The molecule has 4 rings (SSSR count). The first-order valence-corrected chi connectivity index (χ1v) is 8.66. The van der Waals surface area contributed by atoms with Crippen molar-refractivity contribution in [3.8, 4) is 0 Å². The van der Waals surface area contributed by atoms with Crippen LogP contribution in [0, 0.1) is 17.8 Å². The molecule has 4 aliphatic rings. The molecule has 4 nitrogen and oxygen atoms in total. The predicted octanol–water partition coefficient (Wildman–Crippen LogP) is 2.28. The Kier molecular flexibility index (Phi) is 3.73. The summed E-state index contributed by atoms with van der Waals surface area (Å²) in [6, 6.07) is 0. The summed E-state index contributed by atoms with van der Waals surface area (Å²) in [5.74, 6) is 1.86. The van der Waals surface area contributed by atoms with Crippen molar-refractivity contribution in [2.75, 3.05) is 5.75 Å². The molecule has 0 aliphatic heterocycles. The maximum absolute atomic E-state index is 12.1. The SMILES string of the molecule is C[C@H](SCC(=O)NC12CC3CC(CC(C3)C1)C2)C(=O)O. The molecule has 0 spiro atoms. The Morgan fingerprint density at radius 2 is 1.70 bits per heavy atom. The molecule has 2 N–H and O–H groups in total. The van der Waals surface area contributed by atoms with Gasteiger partial charge in [0.2, 0.25) is 5.91 Å². The first-order chi connectivity index (χ1) is 9.46. The second-order valence-corrected chi connectivity index (χ2v) is 8.37. The second kappa shape index (κ2) is 5.24. The van der Waals surface area contributed by atoms with Crippen LogP contribution in [0.5, 0.6) is 0 Å². The van der Waals surface area contributed by atoms with Gasteiger partial charge in [-0.3, -0.25) is 9.59 Å². The number of amides is 1. The summed E-state index contributed by atoms with van der Waals surface area (Å²) in [6.07, 6.45) is 7.51. The standard InChI is InChI=1S/C15H23NO3S/c1-9(14(18)19)20-8-13(17)16-15-5-10-2-11(6-15)4-12(3-10)7-15/h9-12H,2-8H2,1H3,(H,16,17)(H,18,19)/t9-,10?,11?,12?,15?/m0/s1. The normalized spacial score (nSPS) is 39.5. The number of aliphatic carboxylic acids is 1. The average molecular weight is 297 g/mol. The zero-order valence-corrected chi connectivity index (χ0v) is 12.7. The molecule has 0 aromatic rings. The van der Waals surface area contributed by atoms with Crippen LogP contribution in [0.15, 0.2) is 0 Å². The number of nitrogens with one attached hydrogen (secondary N) is 1. The lowest BCUT2D eigenvalue weighted by Crippen LogP contribution is -2.60. The van der Waals surface area contributed by atoms with Crippen molar-refractivity contribution in [2.45, 2.75) is 56.2 Å². The van der Waals surface area contributed by atoms with Crippen molar-refractivity contribution in [1.29, 1.82) is 0 Å². The van der Waals surface area contributed by atoms with Gasteiger partial charge in [0.25, 0.3) is 0 Å². The summed E-state index contributed by atoms with van der Waals surface area (Å²) in [6.45, 7) is 1.63. The molecule has 1 atom stereocenters. The second-order valence-electron chi connectivity index (χ2n) is 7.04. The van der Waals surface area contributed by atoms with Gasteiger partial charge in [0.05, 0.1) is 11.0 Å². The van der Waals surface area contributed by atoms with Gasteiger partial charge in [-0.25, -0.2) is 0 Å². The molecular weight excluding hydrogens is 274 g/mol. The third-order valence-corrected chi connectivity index (χ3v) is 6.39. The average Bonchev–Trinajstić information content (AvgIpc) is 2.33. The Labute approximate surface area is 124 Å². The van der Waals surface area contributed by atoms with Crippen LogP contribution in [0.1, 0.15) is 45.4 Å². The van der Waals surface area contributed by atoms with Crippen molar-refractivity contribution < 1.29 is 14.7 Å². The molecule has 112 valence electrons. The van der Waals surface area contributed by atoms with E-state index in [2.05, 4.69) is 5.32 Å². The van der Waals surface area contributed by atoms with Crippen LogP contribution in [-0.2, 0) is 9.59 Å². The molecule has 4 bridgehead atoms. The fraction of sp³-hybridized carbons (Fsp3) is 0.867. The van der Waals surface area contributed by atoms with E-state index in [9.17, 15) is 9.59 Å². The maximum Gasteiger partial charge on any atom is 0.316 e. The van der Waals surface area contributed by atoms with E-state index in [4.69, 9.17) is 5.11 Å². The van der Waals surface area contributed by atoms with Crippen LogP contribution >= 0.6 is 11.8 Å². The fourth-order valence-electron chi connectivity index (χ4n) is 4.87. The van der Waals surface area contributed by atoms with Crippen molar-refractivity contribution in [3.63, 3.8) is 0 Å². The molecule has 0 aromatic heterocycles. The lowest BCUT2D eigenvalue weighted by Gasteiger charge is -2.56. The summed E-state index contributed by atoms with van der Waals surface area (Å²) in [7, 11) is 0. The van der Waals surface area contributed by atoms with Crippen LogP contribution in [0.4, 0.5) is 0 Å². The number of hydrogen-bond acceptors (Lipinski definition) is 3. The molecule has 4 fully saturated rings. The molecule has 1 amide bonds. The van der Waals surface area contributed by atoms with E-state index in [-0.39, 0.29) is 17.2 Å². The largest absolute Gasteiger partial charge is 0.480 e. The molecule has 0 heterocycles. The third-order valence-electron chi connectivity index (χ3n) is 5.26. The molecule has 5 heteroatoms. The molecule has 0 radical (unpaired) electrons. The van der Waals surface area contributed by atoms with Crippen LogP contribution in [-0.4, -0.2) is 33.5 Å². The van der Waals surface area contributed by atoms with E-state index in [0.717, 1.165) is 37.0 Å². The minimum atomic E-state index is -0.849. The predicted molar refractivity (Wildman–Crippen MR) is 78.6 cm³/mol. The summed E-state index contributed by atoms with van der Waals surface area (Å²) in [5, 5.41) is 11.6. The highest BCUT2D eigenvalue weighted by molar-refractivity contribution is 8.01. The van der Waals surface area contributed by atoms with Crippen LogP contribution in [0.25, 0.3) is 0 Å². The minimum Gasteiger partial charge on any atom is -0.480 e. The van der Waals surface area contributed by atoms with E-state index in [0.29, 0.717) is 0 Å². The summed E-state index contributed by atoms with van der Waals surface area (Å²) < 4.78 is 0. The van der Waals surface area contributed by atoms with Crippen molar-refractivity contribution >= 4 is 23.6 Å². The molecular formula is C15H23NO3S. The Hall–Kier alpha value is -0.710. The molecule has 0 unspecified atom stereocenters. The maximum atomic E-state index is 12.1. The summed E-state index contributed by atoms with van der Waals surface area (Å²) >= 11 is 1.21. The third kappa shape index (κ3) is 2.83. The van der Waals surface area contributed by atoms with Gasteiger partial charge in [-0.15, -0.1) is 11.8 Å². The van der Waals surface area contributed by atoms with E-state index in [1.807, 2.05) is 0 Å². The van der Waals surface area contributed by atoms with Crippen LogP contribution in [0.3, 0.4) is 0 Å². The number of carboxylic acid groups (broad SMARTS) is 1. The highest BCUT2D eigenvalue weighted by Crippen LogP contribution is 2.55. The van der Waals surface area contributed by atoms with Gasteiger partial charge in [0.1, 0.15) is 0 Å². The highest BCUT2D eigenvalue weighted by atomic mass is 32.2. The number of thioether (sulfide) groups is 1. The van der Waals surface area contributed by atoms with Gasteiger partial charge < -0.3 is 10.4 Å². The van der Waals surface area contributed by atoms with Crippen molar-refractivity contribution in [3.05, 3.63) is 0 Å². The van der Waals surface area contributed by atoms with Gasteiger partial charge in [-0.05, 0) is 63.2 Å². The van der Waals surface area contributed by atoms with E-state index in [1.54, 1.807) is 6.92 Å². The van der Waals surface area contributed by atoms with Crippen molar-refractivity contribution in [1.82, 2.24) is 5.32 Å². The lowest BCUT2D eigenvalue weighted by molar-refractivity contribution is -0.136. The molecule has 4 saturated carbocycles. The summed E-state index contributed by atoms with van der Waals surface area (Å²) in [4.78, 5) is 22.9. The van der Waals surface area contributed by atoms with Gasteiger partial charge in [0, 0.05) is 5.54 Å². The van der Waals surface area contributed by atoms with E-state index < -0.39 is 11.2 Å². The highest BCUT2D eigenvalue weighted by Gasteiger charge is 2.51. The topological polar surface area (TPSA) is 66.4 Å². The first kappa shape index (κ1) is 14.2. The Morgan fingerprint density at radius 1 is 1.20 bits per heavy atom. The molecule has 4 aliphatic carbocycles. The van der Waals surface area contributed by atoms with Gasteiger partial charge >= 0.3 is 5.97 Å². The zero-order chi connectivity index (χ0) is 14.3. The van der Waals surface area contributed by atoms with Gasteiger partial charge in [0.15, 0.2) is 0 Å². The quantitative estimate of drug-likeness (QED) is 0.817. The first-order valence-electron chi connectivity index (χ1n) is 7.61. The zero-order valence-electron chi connectivity index (χ0n) is 11.9. The number of carbonyl (C=O) groups is 2. The smallest absolute Gasteiger partial charge is 0.316 e. The van der Waals surface area contributed by atoms with Crippen LogP contribution < -0.4 is 5.32 Å². The number of hydrogen-bond donors (Lipinski definition) is 2. The monoisotopic (exact) mass is 297 g/mol. The van der Waals surface area contributed by atoms with Crippen LogP contribution in [0.2, 0.25) is 0 Å².